The van der Waals surface area contributed by atoms with Crippen LogP contribution < -0.4 is 16.2 Å². The molecule has 3 aromatic rings. The van der Waals surface area contributed by atoms with E-state index in [9.17, 15) is 14.4 Å². The average molecular weight is 388 g/mol. The number of anilines is 1. The highest BCUT2D eigenvalue weighted by Crippen LogP contribution is 2.20. The third-order valence-electron chi connectivity index (χ3n) is 4.97. The van der Waals surface area contributed by atoms with Crippen LogP contribution >= 0.6 is 0 Å². The minimum atomic E-state index is -0.496. The number of carbonyl (C=O) groups excluding carboxylic acids is 2. The molecule has 29 heavy (non-hydrogen) atoms. The number of aryl methyl sites for hydroxylation is 1. The first-order valence-electron chi connectivity index (χ1n) is 9.34. The van der Waals surface area contributed by atoms with E-state index in [1.54, 1.807) is 49.8 Å². The lowest BCUT2D eigenvalue weighted by atomic mass is 9.99. The number of benzene rings is 1. The highest BCUT2D eigenvalue weighted by Gasteiger charge is 2.19. The zero-order chi connectivity index (χ0) is 20.4. The number of amides is 2. The van der Waals surface area contributed by atoms with E-state index in [1.165, 1.54) is 4.57 Å². The maximum absolute atomic E-state index is 12.9. The molecule has 0 saturated carbocycles. The molecule has 0 radical (unpaired) electrons. The quantitative estimate of drug-likeness (QED) is 0.716. The second kappa shape index (κ2) is 7.71. The standard InChI is InChI=1S/C22H20N4O3/c1-14-7-10-26(13-15-3-2-8-23-12-15)22(29)19(14)21(28)25-17-5-4-16-6-9-24-20(27)18(16)11-17/h2-5,7-8,10-12H,6,9,13H2,1H3,(H,24,27)(H,25,28). The molecule has 0 saturated heterocycles. The lowest BCUT2D eigenvalue weighted by Gasteiger charge is -2.17. The van der Waals surface area contributed by atoms with E-state index in [0.29, 0.717) is 29.9 Å². The molecule has 0 fully saturated rings. The van der Waals surface area contributed by atoms with Crippen molar-refractivity contribution in [3.63, 3.8) is 0 Å². The van der Waals surface area contributed by atoms with Gasteiger partial charge in [-0.2, -0.15) is 0 Å². The van der Waals surface area contributed by atoms with Gasteiger partial charge in [0.05, 0.1) is 6.54 Å². The van der Waals surface area contributed by atoms with Gasteiger partial charge in [-0.15, -0.1) is 0 Å². The van der Waals surface area contributed by atoms with Gasteiger partial charge in [-0.3, -0.25) is 19.4 Å². The van der Waals surface area contributed by atoms with Gasteiger partial charge in [0.15, 0.2) is 0 Å². The summed E-state index contributed by atoms with van der Waals surface area (Å²) in [5.41, 5.74) is 3.14. The molecule has 146 valence electrons. The Labute approximate surface area is 167 Å². The van der Waals surface area contributed by atoms with E-state index >= 15 is 0 Å². The summed E-state index contributed by atoms with van der Waals surface area (Å²) in [6, 6.07) is 10.6. The molecule has 7 nitrogen and oxygen atoms in total. The minimum Gasteiger partial charge on any atom is -0.352 e. The van der Waals surface area contributed by atoms with Crippen molar-refractivity contribution in [2.75, 3.05) is 11.9 Å². The van der Waals surface area contributed by atoms with Gasteiger partial charge in [-0.1, -0.05) is 12.1 Å². The topological polar surface area (TPSA) is 93.1 Å². The van der Waals surface area contributed by atoms with E-state index in [2.05, 4.69) is 15.6 Å². The number of nitrogens with zero attached hydrogens (tertiary/aromatic N) is 2. The first-order chi connectivity index (χ1) is 14.0. The Hall–Kier alpha value is -3.74. The summed E-state index contributed by atoms with van der Waals surface area (Å²) in [6.45, 7) is 2.66. The van der Waals surface area contributed by atoms with Crippen LogP contribution in [-0.4, -0.2) is 27.9 Å². The second-order valence-corrected chi connectivity index (χ2v) is 7.00. The van der Waals surface area contributed by atoms with Gasteiger partial charge in [0, 0.05) is 36.4 Å². The number of pyridine rings is 2. The maximum Gasteiger partial charge on any atom is 0.263 e. The Kier molecular flexibility index (Phi) is 4.95. The van der Waals surface area contributed by atoms with Crippen molar-refractivity contribution >= 4 is 17.5 Å². The van der Waals surface area contributed by atoms with Gasteiger partial charge in [0.1, 0.15) is 5.56 Å². The zero-order valence-electron chi connectivity index (χ0n) is 15.9. The minimum absolute atomic E-state index is 0.0820. The Morgan fingerprint density at radius 3 is 2.90 bits per heavy atom. The van der Waals surface area contributed by atoms with E-state index in [4.69, 9.17) is 0 Å². The van der Waals surface area contributed by atoms with Crippen LogP contribution in [-0.2, 0) is 13.0 Å². The monoisotopic (exact) mass is 388 g/mol. The predicted octanol–water partition coefficient (Wildman–Crippen LogP) is 2.14. The molecular weight excluding hydrogens is 368 g/mol. The van der Waals surface area contributed by atoms with Crippen molar-refractivity contribution in [1.29, 1.82) is 0 Å². The number of hydrogen-bond acceptors (Lipinski definition) is 4. The summed E-state index contributed by atoms with van der Waals surface area (Å²) < 4.78 is 1.49. The molecule has 1 aliphatic heterocycles. The van der Waals surface area contributed by atoms with Gasteiger partial charge >= 0.3 is 0 Å². The molecule has 7 heteroatoms. The molecule has 0 unspecified atom stereocenters. The Morgan fingerprint density at radius 2 is 2.10 bits per heavy atom. The predicted molar refractivity (Wildman–Crippen MR) is 109 cm³/mol. The van der Waals surface area contributed by atoms with Crippen LogP contribution in [0.2, 0.25) is 0 Å². The first kappa shape index (κ1) is 18.6. The molecule has 0 bridgehead atoms. The van der Waals surface area contributed by atoms with Crippen molar-refractivity contribution in [1.82, 2.24) is 14.9 Å². The smallest absolute Gasteiger partial charge is 0.263 e. The van der Waals surface area contributed by atoms with E-state index < -0.39 is 5.91 Å². The highest BCUT2D eigenvalue weighted by atomic mass is 16.2. The fourth-order valence-electron chi connectivity index (χ4n) is 3.44. The summed E-state index contributed by atoms with van der Waals surface area (Å²) in [7, 11) is 0. The lowest BCUT2D eigenvalue weighted by Crippen LogP contribution is -2.32. The van der Waals surface area contributed by atoms with Gasteiger partial charge in [-0.25, -0.2) is 0 Å². The van der Waals surface area contributed by atoms with Gasteiger partial charge < -0.3 is 15.2 Å². The summed E-state index contributed by atoms with van der Waals surface area (Å²) in [5.74, 6) is -0.652. The van der Waals surface area contributed by atoms with Crippen LogP contribution in [0.5, 0.6) is 0 Å². The number of nitrogens with one attached hydrogen (secondary N) is 2. The van der Waals surface area contributed by atoms with Crippen LogP contribution in [0.4, 0.5) is 5.69 Å². The number of aromatic nitrogens is 2. The summed E-state index contributed by atoms with van der Waals surface area (Å²) in [6.07, 6.45) is 5.78. The normalized spacial score (nSPS) is 12.8. The molecule has 0 aliphatic carbocycles. The first-order valence-corrected chi connectivity index (χ1v) is 9.34. The fraction of sp³-hybridized carbons (Fsp3) is 0.182. The molecule has 2 amide bonds. The molecule has 4 rings (SSSR count). The molecule has 0 atom stereocenters. The van der Waals surface area contributed by atoms with Crippen molar-refractivity contribution in [2.24, 2.45) is 0 Å². The number of hydrogen-bond donors (Lipinski definition) is 2. The van der Waals surface area contributed by atoms with Crippen LogP contribution in [0, 0.1) is 6.92 Å². The van der Waals surface area contributed by atoms with Crippen LogP contribution in [0.15, 0.2) is 59.8 Å². The molecule has 3 heterocycles. The largest absolute Gasteiger partial charge is 0.352 e. The Balaban J connectivity index is 1.62. The summed E-state index contributed by atoms with van der Waals surface area (Å²) >= 11 is 0. The van der Waals surface area contributed by atoms with E-state index in [0.717, 1.165) is 17.5 Å². The highest BCUT2D eigenvalue weighted by molar-refractivity contribution is 6.06. The van der Waals surface area contributed by atoms with Crippen molar-refractivity contribution < 1.29 is 9.59 Å². The third-order valence-corrected chi connectivity index (χ3v) is 4.97. The van der Waals surface area contributed by atoms with Crippen LogP contribution in [0.3, 0.4) is 0 Å². The Bertz CT molecular complexity index is 1150. The van der Waals surface area contributed by atoms with Gasteiger partial charge in [-0.05, 0) is 54.3 Å². The molecule has 0 spiro atoms. The van der Waals surface area contributed by atoms with Crippen LogP contribution in [0.1, 0.15) is 37.4 Å². The van der Waals surface area contributed by atoms with E-state index in [-0.39, 0.29) is 17.0 Å². The second-order valence-electron chi connectivity index (χ2n) is 7.00. The van der Waals surface area contributed by atoms with Crippen LogP contribution in [0.25, 0.3) is 0 Å². The summed E-state index contributed by atoms with van der Waals surface area (Å²) in [4.78, 5) is 41.9. The number of carbonyl (C=O) groups is 2. The van der Waals surface area contributed by atoms with Gasteiger partial charge in [0.25, 0.3) is 17.4 Å². The van der Waals surface area contributed by atoms with Crippen molar-refractivity contribution in [2.45, 2.75) is 19.9 Å². The third kappa shape index (κ3) is 3.80. The Morgan fingerprint density at radius 1 is 1.24 bits per heavy atom. The molecule has 1 aliphatic rings. The molecule has 2 N–H and O–H groups in total. The van der Waals surface area contributed by atoms with Gasteiger partial charge in [0.2, 0.25) is 0 Å². The zero-order valence-corrected chi connectivity index (χ0v) is 15.9. The maximum atomic E-state index is 12.9. The molecule has 2 aromatic heterocycles. The summed E-state index contributed by atoms with van der Waals surface area (Å²) in [5, 5.41) is 5.55. The number of fused-ring (bicyclic) bond motifs is 1. The fourth-order valence-corrected chi connectivity index (χ4v) is 3.44. The van der Waals surface area contributed by atoms with E-state index in [1.807, 2.05) is 12.1 Å². The van der Waals surface area contributed by atoms with Crippen molar-refractivity contribution in [3.05, 3.63) is 93.2 Å². The lowest BCUT2D eigenvalue weighted by molar-refractivity contribution is 0.0944. The molecule has 1 aromatic carbocycles. The molecular formula is C22H20N4O3. The SMILES string of the molecule is Cc1ccn(Cc2cccnc2)c(=O)c1C(=O)Nc1ccc2c(c1)C(=O)NCC2. The average Bonchev–Trinajstić information content (AvgIpc) is 2.72. The number of rotatable bonds is 4. The van der Waals surface area contributed by atoms with Crippen molar-refractivity contribution in [3.8, 4) is 0 Å².